The Hall–Kier alpha value is -3.36. The topological polar surface area (TPSA) is 178 Å². The van der Waals surface area contributed by atoms with Crippen molar-refractivity contribution in [3.63, 3.8) is 0 Å². The first-order chi connectivity index (χ1) is 17.6. The highest BCUT2D eigenvalue weighted by Crippen LogP contribution is 2.37. The molecule has 37 heavy (non-hydrogen) atoms. The van der Waals surface area contributed by atoms with Gasteiger partial charge in [0.15, 0.2) is 5.65 Å². The molecule has 2 heterocycles. The van der Waals surface area contributed by atoms with Gasteiger partial charge in [0.2, 0.25) is 0 Å². The summed E-state index contributed by atoms with van der Waals surface area (Å²) in [5.74, 6) is -0.457. The molecule has 0 aliphatic heterocycles. The zero-order valence-corrected chi connectivity index (χ0v) is 20.7. The molecule has 2 aromatic heterocycles. The number of carbonyl (C=O) groups is 1. The molecule has 12 nitrogen and oxygen atoms in total. The van der Waals surface area contributed by atoms with Crippen LogP contribution in [-0.2, 0) is 24.0 Å². The van der Waals surface area contributed by atoms with E-state index < -0.39 is 34.5 Å². The number of carbonyl (C=O) groups excluding carboxylic acids is 1. The van der Waals surface area contributed by atoms with E-state index in [1.54, 1.807) is 22.9 Å². The molecule has 0 aromatic carbocycles. The summed E-state index contributed by atoms with van der Waals surface area (Å²) in [5, 5.41) is 33.7. The third-order valence-electron chi connectivity index (χ3n) is 6.84. The van der Waals surface area contributed by atoms with Crippen molar-refractivity contribution >= 4 is 33.3 Å². The number of nitrogens with zero attached hydrogens (tertiary/aromatic N) is 3. The zero-order chi connectivity index (χ0) is 26.3. The Morgan fingerprint density at radius 3 is 2.84 bits per heavy atom. The summed E-state index contributed by atoms with van der Waals surface area (Å²) < 4.78 is 33.3. The van der Waals surface area contributed by atoms with Crippen LogP contribution in [0.3, 0.4) is 0 Å². The number of rotatable bonds is 7. The van der Waals surface area contributed by atoms with E-state index in [1.165, 1.54) is 7.11 Å². The normalized spacial score (nSPS) is 27.4. The van der Waals surface area contributed by atoms with E-state index in [1.807, 2.05) is 30.4 Å². The highest BCUT2D eigenvalue weighted by atomic mass is 32.2. The van der Waals surface area contributed by atoms with Crippen molar-refractivity contribution in [3.05, 3.63) is 65.5 Å². The zero-order valence-electron chi connectivity index (χ0n) is 19.9. The predicted molar refractivity (Wildman–Crippen MR) is 133 cm³/mol. The monoisotopic (exact) mass is 529 g/mol. The van der Waals surface area contributed by atoms with Gasteiger partial charge in [-0.05, 0) is 30.6 Å². The molecule has 0 saturated heterocycles. The molecule has 5 rings (SSSR count). The highest BCUT2D eigenvalue weighted by molar-refractivity contribution is 7.84. The van der Waals surface area contributed by atoms with Crippen molar-refractivity contribution in [1.29, 1.82) is 0 Å². The van der Waals surface area contributed by atoms with Crippen LogP contribution in [0.1, 0.15) is 18.5 Å². The third kappa shape index (κ3) is 5.08. The van der Waals surface area contributed by atoms with E-state index in [4.69, 9.17) is 15.0 Å². The molecule has 1 fully saturated rings. The lowest BCUT2D eigenvalue weighted by molar-refractivity contribution is -0.135. The van der Waals surface area contributed by atoms with Gasteiger partial charge >= 0.3 is 16.3 Å². The van der Waals surface area contributed by atoms with E-state index in [0.717, 1.165) is 17.6 Å². The summed E-state index contributed by atoms with van der Waals surface area (Å²) in [4.78, 5) is 16.4. The lowest BCUT2D eigenvalue weighted by atomic mass is 9.81. The summed E-state index contributed by atoms with van der Waals surface area (Å²) in [5.41, 5.74) is 3.69. The second kappa shape index (κ2) is 9.84. The minimum Gasteiger partial charge on any atom is -0.465 e. The molecule has 1 saturated carbocycles. The summed E-state index contributed by atoms with van der Waals surface area (Å²) in [6.07, 6.45) is 9.81. The summed E-state index contributed by atoms with van der Waals surface area (Å²) >= 11 is 0. The van der Waals surface area contributed by atoms with Crippen molar-refractivity contribution in [2.75, 3.05) is 19.0 Å². The Balaban J connectivity index is 1.40. The number of aliphatic hydroxyl groups is 2. The van der Waals surface area contributed by atoms with E-state index in [2.05, 4.69) is 14.5 Å². The van der Waals surface area contributed by atoms with Crippen molar-refractivity contribution in [2.45, 2.75) is 31.1 Å². The highest BCUT2D eigenvalue weighted by Gasteiger charge is 2.42. The van der Waals surface area contributed by atoms with Gasteiger partial charge in [0.05, 0.1) is 37.1 Å². The lowest BCUT2D eigenvalue weighted by Gasteiger charge is -2.23. The van der Waals surface area contributed by atoms with E-state index in [-0.39, 0.29) is 24.9 Å². The summed E-state index contributed by atoms with van der Waals surface area (Å²) in [6.45, 7) is -0.336. The Bertz CT molecular complexity index is 1460. The standard InChI is InChI=1S/C24H27N5O7S/c1-35-24(32)14-5-6-16-13(9-14)3-2-4-17(16)18-11-21-26-8-7-20(29(21)28-18)27-19-10-15(22(30)23(19)31)12-36-37(25,33)34/h2,4-9,11,13,15,19,22-23,27,30-31H,3,10,12H2,1H3,(H2,25,33,34)/t13?,15-,19-,22-,23+/m1/s1. The predicted octanol–water partition coefficient (Wildman–Crippen LogP) is 0.470. The first-order valence-electron chi connectivity index (χ1n) is 11.7. The molecule has 0 bridgehead atoms. The first kappa shape index (κ1) is 25.3. The molecule has 3 aliphatic rings. The average Bonchev–Trinajstić information content (AvgIpc) is 3.43. The molecule has 196 valence electrons. The minimum atomic E-state index is -4.16. The fraction of sp³-hybridized carbons (Fsp3) is 0.375. The number of esters is 1. The number of anilines is 1. The Kier molecular flexibility index (Phi) is 6.72. The Morgan fingerprint density at radius 1 is 1.27 bits per heavy atom. The van der Waals surface area contributed by atoms with E-state index in [0.29, 0.717) is 22.7 Å². The van der Waals surface area contributed by atoms with Gasteiger partial charge in [-0.25, -0.2) is 14.9 Å². The molecule has 5 atom stereocenters. The summed E-state index contributed by atoms with van der Waals surface area (Å²) in [6, 6.07) is 2.95. The maximum Gasteiger partial charge on any atom is 0.337 e. The first-order valence-corrected chi connectivity index (χ1v) is 13.2. The van der Waals surface area contributed by atoms with Gasteiger partial charge in [-0.2, -0.15) is 18.0 Å². The Morgan fingerprint density at radius 2 is 2.08 bits per heavy atom. The van der Waals surface area contributed by atoms with E-state index in [9.17, 15) is 23.4 Å². The van der Waals surface area contributed by atoms with Crippen LogP contribution in [0.2, 0.25) is 0 Å². The number of aliphatic hydroxyl groups excluding tert-OH is 2. The summed E-state index contributed by atoms with van der Waals surface area (Å²) in [7, 11) is -2.80. The quantitative estimate of drug-likeness (QED) is 0.369. The van der Waals surface area contributed by atoms with Gasteiger partial charge in [0, 0.05) is 29.7 Å². The molecular weight excluding hydrogens is 502 g/mol. The largest absolute Gasteiger partial charge is 0.465 e. The maximum atomic E-state index is 12.0. The fourth-order valence-corrected chi connectivity index (χ4v) is 5.37. The van der Waals surface area contributed by atoms with Crippen LogP contribution >= 0.6 is 0 Å². The molecule has 5 N–H and O–H groups in total. The molecule has 0 spiro atoms. The fourth-order valence-electron chi connectivity index (χ4n) is 5.01. The number of hydrogen-bond acceptors (Lipinski definition) is 10. The number of aromatic nitrogens is 3. The van der Waals surface area contributed by atoms with Crippen LogP contribution in [0.5, 0.6) is 0 Å². The molecule has 3 aliphatic carbocycles. The molecule has 1 unspecified atom stereocenters. The van der Waals surface area contributed by atoms with Gasteiger partial charge in [-0.15, -0.1) is 0 Å². The van der Waals surface area contributed by atoms with Crippen LogP contribution in [0.15, 0.2) is 59.9 Å². The van der Waals surface area contributed by atoms with Crippen molar-refractivity contribution in [3.8, 4) is 0 Å². The van der Waals surface area contributed by atoms with Gasteiger partial charge < -0.3 is 20.3 Å². The lowest BCUT2D eigenvalue weighted by Crippen LogP contribution is -2.36. The van der Waals surface area contributed by atoms with Gasteiger partial charge in [-0.1, -0.05) is 24.3 Å². The van der Waals surface area contributed by atoms with Gasteiger partial charge in [0.25, 0.3) is 0 Å². The second-order valence-electron chi connectivity index (χ2n) is 9.20. The van der Waals surface area contributed by atoms with Crippen LogP contribution in [0.25, 0.3) is 11.2 Å². The van der Waals surface area contributed by atoms with Crippen LogP contribution < -0.4 is 10.5 Å². The third-order valence-corrected chi connectivity index (χ3v) is 7.31. The number of methoxy groups -OCH3 is 1. The van der Waals surface area contributed by atoms with Crippen LogP contribution in [0, 0.1) is 11.8 Å². The number of nitrogens with two attached hydrogens (primary N) is 1. The van der Waals surface area contributed by atoms with Crippen LogP contribution in [-0.4, -0.2) is 71.2 Å². The smallest absolute Gasteiger partial charge is 0.337 e. The number of fused-ring (bicyclic) bond motifs is 2. The van der Waals surface area contributed by atoms with Crippen molar-refractivity contribution in [1.82, 2.24) is 14.6 Å². The second-order valence-corrected chi connectivity index (χ2v) is 10.4. The van der Waals surface area contributed by atoms with E-state index >= 15 is 0 Å². The van der Waals surface area contributed by atoms with Gasteiger partial charge in [0.1, 0.15) is 11.9 Å². The number of allylic oxidation sites excluding steroid dienone is 6. The maximum absolute atomic E-state index is 12.0. The molecule has 0 radical (unpaired) electrons. The Labute approximate surface area is 213 Å². The van der Waals surface area contributed by atoms with Crippen molar-refractivity contribution < 1.29 is 32.3 Å². The molecular formula is C24H27N5O7S. The van der Waals surface area contributed by atoms with Crippen molar-refractivity contribution in [2.24, 2.45) is 17.0 Å². The molecule has 0 amide bonds. The average molecular weight is 530 g/mol. The number of hydrogen-bond donors (Lipinski definition) is 4. The molecule has 2 aromatic rings. The number of ether oxygens (including phenoxy) is 1. The minimum absolute atomic E-state index is 0.0149. The van der Waals surface area contributed by atoms with Crippen LogP contribution in [0.4, 0.5) is 5.82 Å². The number of nitrogens with one attached hydrogen (secondary N) is 1. The SMILES string of the molecule is COC(=O)C1=CC2CC=CC(c3cc4nccc(N[C@@H]5C[C@H](COS(N)(=O)=O)[C@@H](O)[C@H]5O)n4n3)=C2C=C1. The molecule has 13 heteroatoms. The van der Waals surface area contributed by atoms with Gasteiger partial charge in [-0.3, -0.25) is 4.18 Å².